The molecule has 1 atom stereocenters. The maximum Gasteiger partial charge on any atom is 0.263 e. The third kappa shape index (κ3) is 3.55. The van der Waals surface area contributed by atoms with Crippen molar-refractivity contribution in [3.63, 3.8) is 0 Å². The molecule has 152 valence electrons. The fourth-order valence-electron chi connectivity index (χ4n) is 4.12. The molecule has 4 nitrogen and oxygen atoms in total. The lowest BCUT2D eigenvalue weighted by molar-refractivity contribution is 0.0979. The van der Waals surface area contributed by atoms with E-state index in [0.29, 0.717) is 11.3 Å². The number of nitrogens with zero attached hydrogens (tertiary/aromatic N) is 1. The van der Waals surface area contributed by atoms with Gasteiger partial charge in [0, 0.05) is 16.1 Å². The van der Waals surface area contributed by atoms with Crippen LogP contribution >= 0.6 is 23.1 Å². The lowest BCUT2D eigenvalue weighted by Gasteiger charge is -2.36. The van der Waals surface area contributed by atoms with Gasteiger partial charge in [-0.05, 0) is 43.4 Å². The van der Waals surface area contributed by atoms with Crippen molar-refractivity contribution in [1.29, 1.82) is 0 Å². The van der Waals surface area contributed by atoms with E-state index in [1.54, 1.807) is 11.3 Å². The summed E-state index contributed by atoms with van der Waals surface area (Å²) in [4.78, 5) is 29.5. The van der Waals surface area contributed by atoms with Crippen LogP contribution in [0.2, 0.25) is 0 Å². The molecule has 5 rings (SSSR count). The zero-order valence-electron chi connectivity index (χ0n) is 16.5. The van der Waals surface area contributed by atoms with E-state index < -0.39 is 0 Å². The molecule has 0 fully saturated rings. The molecule has 0 unspecified atom stereocenters. The van der Waals surface area contributed by atoms with Gasteiger partial charge in [0.25, 0.3) is 5.91 Å². The smallest absolute Gasteiger partial charge is 0.263 e. The first-order chi connectivity index (χ1) is 14.7. The van der Waals surface area contributed by atoms with E-state index in [1.165, 1.54) is 28.6 Å². The van der Waals surface area contributed by atoms with Crippen LogP contribution in [-0.2, 0) is 12.8 Å². The highest BCUT2D eigenvalue weighted by molar-refractivity contribution is 8.00. The molecule has 0 saturated heterocycles. The van der Waals surface area contributed by atoms with Crippen LogP contribution in [0.3, 0.4) is 0 Å². The summed E-state index contributed by atoms with van der Waals surface area (Å²) in [7, 11) is 0. The molecule has 2 aromatic carbocycles. The number of para-hydroxylation sites is 1. The molecule has 1 aliphatic heterocycles. The first-order valence-corrected chi connectivity index (χ1v) is 12.1. The zero-order chi connectivity index (χ0) is 20.5. The second-order valence-corrected chi connectivity index (χ2v) is 9.70. The number of rotatable bonds is 5. The van der Waals surface area contributed by atoms with E-state index in [0.717, 1.165) is 35.5 Å². The molecule has 30 heavy (non-hydrogen) atoms. The molecule has 1 amide bonds. The third-order valence-electron chi connectivity index (χ3n) is 5.60. The van der Waals surface area contributed by atoms with Gasteiger partial charge >= 0.3 is 0 Å². The van der Waals surface area contributed by atoms with E-state index >= 15 is 0 Å². The van der Waals surface area contributed by atoms with Crippen molar-refractivity contribution in [3.05, 3.63) is 82.2 Å². The third-order valence-corrected chi connectivity index (χ3v) is 7.89. The average Bonchev–Trinajstić information content (AvgIpc) is 3.17. The van der Waals surface area contributed by atoms with E-state index in [9.17, 15) is 9.59 Å². The summed E-state index contributed by atoms with van der Waals surface area (Å²) in [5.74, 6) is 0.414. The standard InChI is InChI=1S/C24H22N2O2S2/c27-19(16-9-3-1-4-10-16)15-29-24-25-22-21(18-13-7-8-14-20(18)30-22)23(28)26(24)17-11-5-2-6-12-17/h1-6,9-12,24-25H,7-8,13-15H2/t24-/m0/s1. The van der Waals surface area contributed by atoms with Gasteiger partial charge in [0.05, 0.1) is 11.3 Å². The summed E-state index contributed by atoms with van der Waals surface area (Å²) in [6, 6.07) is 19.1. The minimum atomic E-state index is -0.319. The Labute approximate surface area is 184 Å². The number of aryl methyl sites for hydroxylation is 1. The largest absolute Gasteiger partial charge is 0.347 e. The number of benzene rings is 2. The van der Waals surface area contributed by atoms with Gasteiger partial charge < -0.3 is 5.32 Å². The summed E-state index contributed by atoms with van der Waals surface area (Å²) in [5.41, 5.74) is 3.29. The Morgan fingerprint density at radius 1 is 1.03 bits per heavy atom. The van der Waals surface area contributed by atoms with Crippen LogP contribution in [0.4, 0.5) is 10.7 Å². The molecule has 1 aliphatic carbocycles. The van der Waals surface area contributed by atoms with Gasteiger partial charge in [0.1, 0.15) is 5.00 Å². The molecule has 2 heterocycles. The van der Waals surface area contributed by atoms with Gasteiger partial charge in [-0.15, -0.1) is 23.1 Å². The van der Waals surface area contributed by atoms with Gasteiger partial charge in [-0.3, -0.25) is 14.5 Å². The molecule has 0 radical (unpaired) electrons. The lowest BCUT2D eigenvalue weighted by Crippen LogP contribution is -2.47. The van der Waals surface area contributed by atoms with Crippen LogP contribution < -0.4 is 10.2 Å². The monoisotopic (exact) mass is 434 g/mol. The van der Waals surface area contributed by atoms with Gasteiger partial charge in [0.15, 0.2) is 11.3 Å². The molecule has 0 bridgehead atoms. The summed E-state index contributed by atoms with van der Waals surface area (Å²) < 4.78 is 0. The summed E-state index contributed by atoms with van der Waals surface area (Å²) in [6.07, 6.45) is 4.35. The van der Waals surface area contributed by atoms with Gasteiger partial charge in [-0.2, -0.15) is 0 Å². The number of anilines is 2. The molecule has 6 heteroatoms. The number of amides is 1. The molecule has 3 aromatic rings. The normalized spacial score (nSPS) is 17.8. The molecular formula is C24H22N2O2S2. The van der Waals surface area contributed by atoms with E-state index in [4.69, 9.17) is 0 Å². The lowest BCUT2D eigenvalue weighted by atomic mass is 9.94. The van der Waals surface area contributed by atoms with Crippen molar-refractivity contribution in [2.24, 2.45) is 0 Å². The topological polar surface area (TPSA) is 49.4 Å². The van der Waals surface area contributed by atoms with Crippen LogP contribution in [-0.4, -0.2) is 22.9 Å². The molecule has 0 saturated carbocycles. The average molecular weight is 435 g/mol. The van der Waals surface area contributed by atoms with Crippen LogP contribution in [0.15, 0.2) is 60.7 Å². The fraction of sp³-hybridized carbons (Fsp3) is 0.250. The Balaban J connectivity index is 1.46. The number of hydrogen-bond donors (Lipinski definition) is 1. The minimum Gasteiger partial charge on any atom is -0.347 e. The first-order valence-electron chi connectivity index (χ1n) is 10.2. The van der Waals surface area contributed by atoms with Crippen molar-refractivity contribution in [2.45, 2.75) is 31.2 Å². The second kappa shape index (κ2) is 8.28. The van der Waals surface area contributed by atoms with Crippen LogP contribution in [0.5, 0.6) is 0 Å². The number of carbonyl (C=O) groups excluding carboxylic acids is 2. The van der Waals surface area contributed by atoms with Crippen molar-refractivity contribution in [1.82, 2.24) is 0 Å². The number of fused-ring (bicyclic) bond motifs is 3. The number of nitrogens with one attached hydrogen (secondary N) is 1. The number of thioether (sulfide) groups is 1. The van der Waals surface area contributed by atoms with E-state index in [1.807, 2.05) is 65.6 Å². The van der Waals surface area contributed by atoms with Gasteiger partial charge in [-0.25, -0.2) is 0 Å². The number of carbonyl (C=O) groups is 2. The molecule has 1 aromatic heterocycles. The van der Waals surface area contributed by atoms with Crippen molar-refractivity contribution in [2.75, 3.05) is 16.0 Å². The number of hydrogen-bond acceptors (Lipinski definition) is 5. The molecule has 2 aliphatic rings. The Morgan fingerprint density at radius 3 is 2.50 bits per heavy atom. The Morgan fingerprint density at radius 2 is 1.73 bits per heavy atom. The highest BCUT2D eigenvalue weighted by Crippen LogP contribution is 2.44. The minimum absolute atomic E-state index is 0.0408. The van der Waals surface area contributed by atoms with E-state index in [2.05, 4.69) is 5.32 Å². The van der Waals surface area contributed by atoms with Crippen LogP contribution in [0.25, 0.3) is 0 Å². The molecule has 1 N–H and O–H groups in total. The van der Waals surface area contributed by atoms with Crippen molar-refractivity contribution >= 4 is 45.5 Å². The quantitative estimate of drug-likeness (QED) is 0.531. The SMILES string of the molecule is O=C(CS[C@H]1Nc2sc3c(c2C(=O)N1c1ccccc1)CCCC3)c1ccccc1. The van der Waals surface area contributed by atoms with Crippen molar-refractivity contribution in [3.8, 4) is 0 Å². The number of Topliss-reactive ketones (excluding diaryl/α,β-unsaturated/α-hetero) is 1. The Hall–Kier alpha value is -2.57. The predicted molar refractivity (Wildman–Crippen MR) is 125 cm³/mol. The molecular weight excluding hydrogens is 412 g/mol. The number of ketones is 1. The maximum atomic E-state index is 13.7. The zero-order valence-corrected chi connectivity index (χ0v) is 18.1. The Kier molecular flexibility index (Phi) is 5.35. The highest BCUT2D eigenvalue weighted by atomic mass is 32.2. The predicted octanol–water partition coefficient (Wildman–Crippen LogP) is 5.60. The van der Waals surface area contributed by atoms with Gasteiger partial charge in [0.2, 0.25) is 0 Å². The first kappa shape index (κ1) is 19.4. The second-order valence-electron chi connectivity index (χ2n) is 7.52. The summed E-state index contributed by atoms with van der Waals surface area (Å²) in [5, 5.41) is 4.54. The summed E-state index contributed by atoms with van der Waals surface area (Å²) >= 11 is 3.18. The van der Waals surface area contributed by atoms with Crippen LogP contribution in [0, 0.1) is 0 Å². The molecule has 0 spiro atoms. The maximum absolute atomic E-state index is 13.7. The Bertz CT molecular complexity index is 1080. The van der Waals surface area contributed by atoms with E-state index in [-0.39, 0.29) is 17.2 Å². The van der Waals surface area contributed by atoms with Gasteiger partial charge in [-0.1, -0.05) is 48.5 Å². The summed E-state index contributed by atoms with van der Waals surface area (Å²) in [6.45, 7) is 0. The van der Waals surface area contributed by atoms with Crippen LogP contribution in [0.1, 0.15) is 44.0 Å². The highest BCUT2D eigenvalue weighted by Gasteiger charge is 2.38. The fourth-order valence-corrected chi connectivity index (χ4v) is 6.54. The van der Waals surface area contributed by atoms with Crippen molar-refractivity contribution < 1.29 is 9.59 Å². The number of thiophene rings is 1.